The van der Waals surface area contributed by atoms with Crippen LogP contribution in [0, 0.1) is 0 Å². The van der Waals surface area contributed by atoms with Crippen LogP contribution in [0.2, 0.25) is 0 Å². The fraction of sp³-hybridized carbons (Fsp3) is 0.417. The van der Waals surface area contributed by atoms with Crippen LogP contribution in [-0.2, 0) is 11.3 Å². The normalized spacial score (nSPS) is 16.6. The van der Waals surface area contributed by atoms with E-state index in [9.17, 15) is 4.79 Å². The molecule has 1 aromatic rings. The molecule has 0 bridgehead atoms. The van der Waals surface area contributed by atoms with E-state index in [0.717, 1.165) is 35.2 Å². The lowest BCUT2D eigenvalue weighted by molar-refractivity contribution is -0.119. The van der Waals surface area contributed by atoms with Gasteiger partial charge in [0.25, 0.3) is 0 Å². The standard InChI is InChI=1S/C12H16BrN3O/c13-10-4-9(7-14)5-11(6-10)16-3-1-2-15-12(17)8-16/h4-6H,1-3,7-8,14H2,(H,15,17). The number of amides is 1. The molecule has 2 rings (SSSR count). The molecule has 0 radical (unpaired) electrons. The molecule has 1 fully saturated rings. The smallest absolute Gasteiger partial charge is 0.239 e. The number of nitrogens with two attached hydrogens (primary N) is 1. The number of carbonyl (C=O) groups is 1. The van der Waals surface area contributed by atoms with Gasteiger partial charge in [0, 0.05) is 29.8 Å². The summed E-state index contributed by atoms with van der Waals surface area (Å²) in [7, 11) is 0. The molecule has 0 unspecified atom stereocenters. The molecule has 3 N–H and O–H groups in total. The summed E-state index contributed by atoms with van der Waals surface area (Å²) in [6.45, 7) is 2.57. The number of carbonyl (C=O) groups excluding carboxylic acids is 1. The van der Waals surface area contributed by atoms with Crippen molar-refractivity contribution in [3.8, 4) is 0 Å². The van der Waals surface area contributed by atoms with Gasteiger partial charge in [0.2, 0.25) is 5.91 Å². The van der Waals surface area contributed by atoms with E-state index in [1.54, 1.807) is 0 Å². The fourth-order valence-corrected chi connectivity index (χ4v) is 2.49. The van der Waals surface area contributed by atoms with Crippen LogP contribution < -0.4 is 16.0 Å². The minimum Gasteiger partial charge on any atom is -0.362 e. The van der Waals surface area contributed by atoms with Gasteiger partial charge in [-0.2, -0.15) is 0 Å². The SMILES string of the molecule is NCc1cc(Br)cc(N2CCCNC(=O)C2)c1. The van der Waals surface area contributed by atoms with Crippen molar-refractivity contribution in [3.05, 3.63) is 28.2 Å². The van der Waals surface area contributed by atoms with Crippen LogP contribution >= 0.6 is 15.9 Å². The molecule has 4 nitrogen and oxygen atoms in total. The molecule has 0 spiro atoms. The van der Waals surface area contributed by atoms with Gasteiger partial charge in [0.1, 0.15) is 0 Å². The Morgan fingerprint density at radius 1 is 1.41 bits per heavy atom. The van der Waals surface area contributed by atoms with E-state index in [1.165, 1.54) is 0 Å². The Morgan fingerprint density at radius 3 is 3.00 bits per heavy atom. The molecule has 5 heteroatoms. The van der Waals surface area contributed by atoms with Crippen molar-refractivity contribution < 1.29 is 4.79 Å². The lowest BCUT2D eigenvalue weighted by Gasteiger charge is -2.22. The molecule has 1 amide bonds. The van der Waals surface area contributed by atoms with Gasteiger partial charge in [-0.3, -0.25) is 4.79 Å². The van der Waals surface area contributed by atoms with Crippen LogP contribution in [0.3, 0.4) is 0 Å². The van der Waals surface area contributed by atoms with E-state index >= 15 is 0 Å². The highest BCUT2D eigenvalue weighted by atomic mass is 79.9. The van der Waals surface area contributed by atoms with Crippen LogP contribution in [-0.4, -0.2) is 25.5 Å². The highest BCUT2D eigenvalue weighted by Crippen LogP contribution is 2.23. The number of rotatable bonds is 2. The Hall–Kier alpha value is -1.07. The summed E-state index contributed by atoms with van der Waals surface area (Å²) in [6, 6.07) is 6.07. The minimum atomic E-state index is 0.0803. The number of hydrogen-bond donors (Lipinski definition) is 2. The molecule has 92 valence electrons. The van der Waals surface area contributed by atoms with Gasteiger partial charge in [-0.1, -0.05) is 15.9 Å². The molecule has 1 aliphatic heterocycles. The topological polar surface area (TPSA) is 58.4 Å². The summed E-state index contributed by atoms with van der Waals surface area (Å²) in [5.74, 6) is 0.0803. The van der Waals surface area contributed by atoms with Crippen molar-refractivity contribution >= 4 is 27.5 Å². The molecule has 0 aliphatic carbocycles. The summed E-state index contributed by atoms with van der Waals surface area (Å²) in [5.41, 5.74) is 7.78. The maximum absolute atomic E-state index is 11.5. The summed E-state index contributed by atoms with van der Waals surface area (Å²) >= 11 is 3.47. The van der Waals surface area contributed by atoms with Gasteiger partial charge in [-0.05, 0) is 30.2 Å². The largest absolute Gasteiger partial charge is 0.362 e. The fourth-order valence-electron chi connectivity index (χ4n) is 1.96. The predicted octanol–water partition coefficient (Wildman–Crippen LogP) is 1.23. The third-order valence-corrected chi connectivity index (χ3v) is 3.26. The zero-order valence-corrected chi connectivity index (χ0v) is 11.2. The lowest BCUT2D eigenvalue weighted by atomic mass is 10.2. The molecule has 1 heterocycles. The van der Waals surface area contributed by atoms with E-state index in [0.29, 0.717) is 13.1 Å². The summed E-state index contributed by atoms with van der Waals surface area (Å²) < 4.78 is 1.00. The van der Waals surface area contributed by atoms with E-state index in [4.69, 9.17) is 5.73 Å². The number of halogens is 1. The lowest BCUT2D eigenvalue weighted by Crippen LogP contribution is -2.33. The quantitative estimate of drug-likeness (QED) is 0.863. The average molecular weight is 298 g/mol. The average Bonchev–Trinajstić information content (AvgIpc) is 2.53. The zero-order chi connectivity index (χ0) is 12.3. The maximum Gasteiger partial charge on any atom is 0.239 e. The summed E-state index contributed by atoms with van der Waals surface area (Å²) in [6.07, 6.45) is 0.968. The second kappa shape index (κ2) is 5.51. The van der Waals surface area contributed by atoms with Gasteiger partial charge >= 0.3 is 0 Å². The molecule has 17 heavy (non-hydrogen) atoms. The first-order valence-electron chi connectivity index (χ1n) is 5.70. The molecule has 0 atom stereocenters. The van der Waals surface area contributed by atoms with Crippen LogP contribution in [0.4, 0.5) is 5.69 Å². The first kappa shape index (κ1) is 12.4. The first-order valence-corrected chi connectivity index (χ1v) is 6.49. The third kappa shape index (κ3) is 3.20. The molecule has 1 aliphatic rings. The van der Waals surface area contributed by atoms with Crippen molar-refractivity contribution in [3.63, 3.8) is 0 Å². The first-order chi connectivity index (χ1) is 8.19. The van der Waals surface area contributed by atoms with Crippen LogP contribution in [0.1, 0.15) is 12.0 Å². The van der Waals surface area contributed by atoms with Gasteiger partial charge in [-0.25, -0.2) is 0 Å². The monoisotopic (exact) mass is 297 g/mol. The van der Waals surface area contributed by atoms with Gasteiger partial charge in [0.15, 0.2) is 0 Å². The zero-order valence-electron chi connectivity index (χ0n) is 9.58. The van der Waals surface area contributed by atoms with Crippen LogP contribution in [0.15, 0.2) is 22.7 Å². The highest BCUT2D eigenvalue weighted by Gasteiger charge is 2.15. The van der Waals surface area contributed by atoms with Crippen molar-refractivity contribution in [2.75, 3.05) is 24.5 Å². The number of nitrogens with one attached hydrogen (secondary N) is 1. The predicted molar refractivity (Wildman–Crippen MR) is 71.9 cm³/mol. The Bertz CT molecular complexity index is 422. The Balaban J connectivity index is 2.25. The number of anilines is 1. The summed E-state index contributed by atoms with van der Waals surface area (Å²) in [5, 5.41) is 2.87. The van der Waals surface area contributed by atoms with Crippen molar-refractivity contribution in [2.24, 2.45) is 5.73 Å². The van der Waals surface area contributed by atoms with Gasteiger partial charge in [0.05, 0.1) is 6.54 Å². The number of hydrogen-bond acceptors (Lipinski definition) is 3. The van der Waals surface area contributed by atoms with Gasteiger partial charge < -0.3 is 16.0 Å². The van der Waals surface area contributed by atoms with Crippen LogP contribution in [0.25, 0.3) is 0 Å². The summed E-state index contributed by atoms with van der Waals surface area (Å²) in [4.78, 5) is 13.6. The molecule has 1 saturated heterocycles. The molecular weight excluding hydrogens is 282 g/mol. The van der Waals surface area contributed by atoms with E-state index in [2.05, 4.69) is 26.1 Å². The van der Waals surface area contributed by atoms with E-state index in [1.807, 2.05) is 18.2 Å². The van der Waals surface area contributed by atoms with Crippen LogP contribution in [0.5, 0.6) is 0 Å². The minimum absolute atomic E-state index is 0.0803. The third-order valence-electron chi connectivity index (χ3n) is 2.80. The number of nitrogens with zero attached hydrogens (tertiary/aromatic N) is 1. The Kier molecular flexibility index (Phi) is 4.02. The van der Waals surface area contributed by atoms with Crippen molar-refractivity contribution in [1.82, 2.24) is 5.32 Å². The van der Waals surface area contributed by atoms with Gasteiger partial charge in [-0.15, -0.1) is 0 Å². The molecule has 0 saturated carbocycles. The second-order valence-electron chi connectivity index (χ2n) is 4.15. The highest BCUT2D eigenvalue weighted by molar-refractivity contribution is 9.10. The van der Waals surface area contributed by atoms with Crippen molar-refractivity contribution in [1.29, 1.82) is 0 Å². The Morgan fingerprint density at radius 2 is 2.24 bits per heavy atom. The second-order valence-corrected chi connectivity index (χ2v) is 5.06. The molecule has 1 aromatic carbocycles. The number of benzene rings is 1. The van der Waals surface area contributed by atoms with E-state index in [-0.39, 0.29) is 5.91 Å². The molecular formula is C12H16BrN3O. The molecule has 0 aromatic heterocycles. The van der Waals surface area contributed by atoms with Crippen molar-refractivity contribution in [2.45, 2.75) is 13.0 Å². The maximum atomic E-state index is 11.5. The van der Waals surface area contributed by atoms with E-state index < -0.39 is 0 Å². The Labute approximate surface area is 109 Å².